The van der Waals surface area contributed by atoms with Crippen LogP contribution in [0.15, 0.2) is 46.1 Å². The molecule has 0 saturated carbocycles. The molecule has 0 amide bonds. The summed E-state index contributed by atoms with van der Waals surface area (Å²) < 4.78 is 42.8. The number of fused-ring (bicyclic) bond motifs is 1. The summed E-state index contributed by atoms with van der Waals surface area (Å²) in [5.74, 6) is -0.526. The molecule has 0 spiro atoms. The van der Waals surface area contributed by atoms with Gasteiger partial charge in [0.15, 0.2) is 0 Å². The summed E-state index contributed by atoms with van der Waals surface area (Å²) in [6.07, 6.45) is 0. The number of benzene rings is 2. The minimum Gasteiger partial charge on any atom is -0.363 e. The first kappa shape index (κ1) is 21.0. The lowest BCUT2D eigenvalue weighted by atomic mass is 10.2. The zero-order valence-corrected chi connectivity index (χ0v) is 17.7. The van der Waals surface area contributed by atoms with Gasteiger partial charge in [-0.05, 0) is 30.3 Å². The Kier molecular flexibility index (Phi) is 5.06. The van der Waals surface area contributed by atoms with Crippen LogP contribution in [0, 0.1) is 15.9 Å². The third-order valence-electron chi connectivity index (χ3n) is 5.60. The minimum atomic E-state index is -3.80. The molecule has 10 nitrogen and oxygen atoms in total. The van der Waals surface area contributed by atoms with Crippen LogP contribution in [-0.2, 0) is 24.1 Å². The third kappa shape index (κ3) is 3.47. The normalized spacial score (nSPS) is 15.5. The van der Waals surface area contributed by atoms with E-state index in [-0.39, 0.29) is 42.5 Å². The summed E-state index contributed by atoms with van der Waals surface area (Å²) in [5.41, 5.74) is 0.882. The molecule has 2 heterocycles. The van der Waals surface area contributed by atoms with Crippen LogP contribution in [0.1, 0.15) is 0 Å². The number of halogens is 1. The fraction of sp³-hybridized carbons (Fsp3) is 0.316. The first-order valence-corrected chi connectivity index (χ1v) is 10.9. The number of hydrogen-bond acceptors (Lipinski definition) is 6. The lowest BCUT2D eigenvalue weighted by molar-refractivity contribution is -0.384. The van der Waals surface area contributed by atoms with E-state index in [2.05, 4.69) is 0 Å². The van der Waals surface area contributed by atoms with Crippen LogP contribution < -0.4 is 10.6 Å². The van der Waals surface area contributed by atoms with Gasteiger partial charge in [-0.3, -0.25) is 19.2 Å². The molecular weight excluding hydrogens is 429 g/mol. The first-order valence-electron chi connectivity index (χ1n) is 9.46. The Morgan fingerprint density at radius 3 is 2.06 bits per heavy atom. The second kappa shape index (κ2) is 7.46. The van der Waals surface area contributed by atoms with E-state index >= 15 is 0 Å². The van der Waals surface area contributed by atoms with E-state index in [1.807, 2.05) is 0 Å². The molecule has 0 bridgehead atoms. The summed E-state index contributed by atoms with van der Waals surface area (Å²) in [7, 11) is -0.658. The molecule has 0 aliphatic carbocycles. The van der Waals surface area contributed by atoms with Crippen molar-refractivity contribution < 1.29 is 17.7 Å². The zero-order valence-electron chi connectivity index (χ0n) is 16.9. The molecule has 1 fully saturated rings. The van der Waals surface area contributed by atoms with Crippen molar-refractivity contribution in [1.29, 1.82) is 0 Å². The van der Waals surface area contributed by atoms with Gasteiger partial charge in [0.25, 0.3) is 5.69 Å². The number of rotatable bonds is 4. The molecule has 3 aromatic rings. The van der Waals surface area contributed by atoms with Crippen LogP contribution in [-0.4, -0.2) is 53.0 Å². The number of nitro groups is 1. The number of sulfonamides is 1. The fourth-order valence-corrected chi connectivity index (χ4v) is 5.27. The van der Waals surface area contributed by atoms with Crippen LogP contribution in [0.25, 0.3) is 11.0 Å². The predicted octanol–water partition coefficient (Wildman–Crippen LogP) is 1.44. The van der Waals surface area contributed by atoms with Gasteiger partial charge in [0.05, 0.1) is 20.9 Å². The highest BCUT2D eigenvalue weighted by molar-refractivity contribution is 7.89. The van der Waals surface area contributed by atoms with E-state index in [4.69, 9.17) is 0 Å². The van der Waals surface area contributed by atoms with E-state index in [0.29, 0.717) is 16.7 Å². The van der Waals surface area contributed by atoms with Gasteiger partial charge in [0.2, 0.25) is 10.0 Å². The molecule has 1 saturated heterocycles. The summed E-state index contributed by atoms with van der Waals surface area (Å²) in [5, 5.41) is 11.7. The number of aromatic nitrogens is 2. The number of nitrogens with zero attached hydrogens (tertiary/aromatic N) is 5. The Hall–Kier alpha value is -3.25. The van der Waals surface area contributed by atoms with Crippen molar-refractivity contribution >= 4 is 32.4 Å². The van der Waals surface area contributed by atoms with Crippen molar-refractivity contribution in [3.63, 3.8) is 0 Å². The summed E-state index contributed by atoms with van der Waals surface area (Å²) >= 11 is 0. The lowest BCUT2D eigenvalue weighted by Crippen LogP contribution is -2.48. The van der Waals surface area contributed by atoms with Gasteiger partial charge in [-0.25, -0.2) is 17.6 Å². The Morgan fingerprint density at radius 1 is 0.968 bits per heavy atom. The standard InChI is InChI=1S/C19H20FN5O5S/c1-21-15-11-17(18(25(27)28)12-16(15)22(2)19(21)26)23-7-9-24(10-8-23)31(29,30)14-5-3-13(20)4-6-14/h3-6,11-12H,7-10H2,1-2H3. The molecule has 0 unspecified atom stereocenters. The SMILES string of the molecule is Cn1c(=O)n(C)c2cc([N+](=O)[O-])c(N3CCN(S(=O)(=O)c4ccc(F)cc4)CC3)cc21. The minimum absolute atomic E-state index is 0.00552. The molecular formula is C19H20FN5O5S. The summed E-state index contributed by atoms with van der Waals surface area (Å²) in [6, 6.07) is 7.57. The van der Waals surface area contributed by atoms with Gasteiger partial charge in [0, 0.05) is 46.3 Å². The molecule has 4 rings (SSSR count). The van der Waals surface area contributed by atoms with Gasteiger partial charge < -0.3 is 4.90 Å². The summed E-state index contributed by atoms with van der Waals surface area (Å²) in [4.78, 5) is 25.1. The highest BCUT2D eigenvalue weighted by Crippen LogP contribution is 2.33. The molecule has 31 heavy (non-hydrogen) atoms. The summed E-state index contributed by atoms with van der Waals surface area (Å²) in [6.45, 7) is 0.687. The van der Waals surface area contributed by atoms with Gasteiger partial charge in [-0.2, -0.15) is 4.31 Å². The predicted molar refractivity (Wildman–Crippen MR) is 112 cm³/mol. The van der Waals surface area contributed by atoms with Crippen molar-refractivity contribution in [2.45, 2.75) is 4.90 Å². The van der Waals surface area contributed by atoms with E-state index in [1.165, 1.54) is 31.6 Å². The molecule has 0 radical (unpaired) electrons. The van der Waals surface area contributed by atoms with Crippen molar-refractivity contribution in [3.8, 4) is 0 Å². The monoisotopic (exact) mass is 449 g/mol. The molecule has 1 aliphatic heterocycles. The van der Waals surface area contributed by atoms with Gasteiger partial charge in [0.1, 0.15) is 11.5 Å². The van der Waals surface area contributed by atoms with Crippen molar-refractivity contribution in [2.75, 3.05) is 31.1 Å². The molecule has 2 aromatic carbocycles. The fourth-order valence-electron chi connectivity index (χ4n) is 3.85. The van der Waals surface area contributed by atoms with Crippen LogP contribution in [0.3, 0.4) is 0 Å². The maximum atomic E-state index is 13.1. The molecule has 164 valence electrons. The van der Waals surface area contributed by atoms with Gasteiger partial charge in [-0.1, -0.05) is 0 Å². The average molecular weight is 449 g/mol. The van der Waals surface area contributed by atoms with Crippen LogP contribution in [0.5, 0.6) is 0 Å². The highest BCUT2D eigenvalue weighted by Gasteiger charge is 2.31. The second-order valence-electron chi connectivity index (χ2n) is 7.33. The Balaban J connectivity index is 1.65. The second-order valence-corrected chi connectivity index (χ2v) is 9.27. The van der Waals surface area contributed by atoms with E-state index < -0.39 is 20.8 Å². The topological polar surface area (TPSA) is 111 Å². The number of nitro benzene ring substituents is 1. The van der Waals surface area contributed by atoms with Crippen molar-refractivity contribution in [2.24, 2.45) is 14.1 Å². The van der Waals surface area contributed by atoms with E-state index in [0.717, 1.165) is 12.1 Å². The third-order valence-corrected chi connectivity index (χ3v) is 7.51. The molecule has 1 aliphatic rings. The molecule has 1 aromatic heterocycles. The van der Waals surface area contributed by atoms with Gasteiger partial charge >= 0.3 is 5.69 Å². The Bertz CT molecular complexity index is 1340. The van der Waals surface area contributed by atoms with Crippen LogP contribution in [0.2, 0.25) is 0 Å². The first-order chi connectivity index (χ1) is 14.6. The van der Waals surface area contributed by atoms with Crippen LogP contribution in [0.4, 0.5) is 15.8 Å². The largest absolute Gasteiger partial charge is 0.363 e. The van der Waals surface area contributed by atoms with E-state index in [1.54, 1.807) is 25.1 Å². The number of imidazole rings is 1. The Labute approximate surface area is 176 Å². The maximum absolute atomic E-state index is 13.1. The molecule has 0 N–H and O–H groups in total. The van der Waals surface area contributed by atoms with Crippen LogP contribution >= 0.6 is 0 Å². The van der Waals surface area contributed by atoms with Crippen molar-refractivity contribution in [1.82, 2.24) is 13.4 Å². The highest BCUT2D eigenvalue weighted by atomic mass is 32.2. The Morgan fingerprint density at radius 2 is 1.52 bits per heavy atom. The molecule has 12 heteroatoms. The smallest absolute Gasteiger partial charge is 0.328 e. The maximum Gasteiger partial charge on any atom is 0.328 e. The quantitative estimate of drug-likeness (QED) is 0.440. The average Bonchev–Trinajstić information content (AvgIpc) is 2.97. The number of anilines is 1. The van der Waals surface area contributed by atoms with Crippen molar-refractivity contribution in [3.05, 3.63) is 62.8 Å². The lowest BCUT2D eigenvalue weighted by Gasteiger charge is -2.35. The number of hydrogen-bond donors (Lipinski definition) is 0. The zero-order chi connectivity index (χ0) is 22.5. The van der Waals surface area contributed by atoms with Gasteiger partial charge in [-0.15, -0.1) is 0 Å². The molecule has 0 atom stereocenters. The number of piperazine rings is 1. The van der Waals surface area contributed by atoms with E-state index in [9.17, 15) is 27.7 Å². The number of aryl methyl sites for hydroxylation is 2.